The van der Waals surface area contributed by atoms with Crippen molar-refractivity contribution >= 4 is 34.5 Å². The molecule has 1 aliphatic heterocycles. The third-order valence-electron chi connectivity index (χ3n) is 5.22. The van der Waals surface area contributed by atoms with Crippen LogP contribution in [-0.2, 0) is 9.53 Å². The summed E-state index contributed by atoms with van der Waals surface area (Å²) < 4.78 is 10.8. The van der Waals surface area contributed by atoms with Gasteiger partial charge < -0.3 is 25.4 Å². The van der Waals surface area contributed by atoms with Crippen molar-refractivity contribution in [3.05, 3.63) is 60.1 Å². The second-order valence-electron chi connectivity index (χ2n) is 7.78. The van der Waals surface area contributed by atoms with Gasteiger partial charge in [0.25, 0.3) is 5.91 Å². The van der Waals surface area contributed by atoms with E-state index in [1.165, 1.54) is 17.4 Å². The van der Waals surface area contributed by atoms with Crippen molar-refractivity contribution < 1.29 is 19.1 Å². The number of rotatable bonds is 8. The van der Waals surface area contributed by atoms with Crippen LogP contribution in [0.15, 0.2) is 55.3 Å². The third kappa shape index (κ3) is 5.27. The minimum Gasteiger partial charge on any atom is -0.489 e. The van der Waals surface area contributed by atoms with Crippen LogP contribution in [0.5, 0.6) is 5.75 Å². The summed E-state index contributed by atoms with van der Waals surface area (Å²) in [6.45, 7) is 6.94. The van der Waals surface area contributed by atoms with Gasteiger partial charge in [0.1, 0.15) is 17.2 Å². The summed E-state index contributed by atoms with van der Waals surface area (Å²) in [7, 11) is 1.60. The summed E-state index contributed by atoms with van der Waals surface area (Å²) in [4.78, 5) is 30.6. The van der Waals surface area contributed by atoms with E-state index in [4.69, 9.17) is 9.47 Å². The lowest BCUT2D eigenvalue weighted by Crippen LogP contribution is -2.34. The van der Waals surface area contributed by atoms with Crippen molar-refractivity contribution in [2.24, 2.45) is 0 Å². The van der Waals surface area contributed by atoms with Crippen molar-refractivity contribution in [1.29, 1.82) is 0 Å². The number of hydrogen-bond acceptors (Lipinski definition) is 7. The molecule has 0 spiro atoms. The molecule has 0 unspecified atom stereocenters. The number of nitrogens with one attached hydrogen (secondary N) is 3. The molecule has 4 rings (SSSR count). The van der Waals surface area contributed by atoms with Crippen LogP contribution in [0.25, 0.3) is 21.7 Å². The average Bonchev–Trinajstić information content (AvgIpc) is 3.23. The second kappa shape index (κ2) is 10.5. The molecule has 2 aromatic heterocycles. The summed E-state index contributed by atoms with van der Waals surface area (Å²) in [5, 5.41) is 9.12. The van der Waals surface area contributed by atoms with Crippen molar-refractivity contribution in [2.75, 3.05) is 37.5 Å². The van der Waals surface area contributed by atoms with Crippen molar-refractivity contribution in [3.63, 3.8) is 0 Å². The third-order valence-corrected chi connectivity index (χ3v) is 6.41. The van der Waals surface area contributed by atoms with Gasteiger partial charge in [0, 0.05) is 36.3 Å². The first-order chi connectivity index (χ1) is 16.5. The molecule has 2 amide bonds. The van der Waals surface area contributed by atoms with Gasteiger partial charge >= 0.3 is 0 Å². The van der Waals surface area contributed by atoms with E-state index in [2.05, 4.69) is 27.5 Å². The number of amides is 2. The molecule has 0 bridgehead atoms. The molecule has 0 fully saturated rings. The van der Waals surface area contributed by atoms with E-state index < -0.39 is 0 Å². The van der Waals surface area contributed by atoms with Crippen LogP contribution in [-0.4, -0.2) is 49.7 Å². The molecule has 3 heterocycles. The van der Waals surface area contributed by atoms with E-state index in [1.807, 2.05) is 37.3 Å². The van der Waals surface area contributed by atoms with E-state index >= 15 is 0 Å². The fourth-order valence-electron chi connectivity index (χ4n) is 3.51. The number of methoxy groups -OCH3 is 1. The maximum absolute atomic E-state index is 12.5. The molecule has 1 aliphatic rings. The Morgan fingerprint density at radius 2 is 2.12 bits per heavy atom. The number of aromatic nitrogens is 1. The van der Waals surface area contributed by atoms with Gasteiger partial charge in [0.15, 0.2) is 0 Å². The Bertz CT molecular complexity index is 1220. The Balaban J connectivity index is 1.65. The molecule has 0 saturated carbocycles. The molecular weight excluding hydrogens is 452 g/mol. The smallest absolute Gasteiger partial charge is 0.263 e. The zero-order chi connectivity index (χ0) is 24.1. The minimum atomic E-state index is -0.337. The summed E-state index contributed by atoms with van der Waals surface area (Å²) in [5.41, 5.74) is 3.84. The summed E-state index contributed by atoms with van der Waals surface area (Å²) in [5.74, 6) is 0.126. The molecule has 1 aromatic carbocycles. The number of anilines is 2. The Morgan fingerprint density at radius 3 is 2.91 bits per heavy atom. The normalized spacial score (nSPS) is 14.9. The highest BCUT2D eigenvalue weighted by atomic mass is 32.1. The predicted octanol–water partition coefficient (Wildman–Crippen LogP) is 4.17. The number of fused-ring (bicyclic) bond motifs is 1. The van der Waals surface area contributed by atoms with E-state index in [9.17, 15) is 9.59 Å². The predicted molar refractivity (Wildman–Crippen MR) is 135 cm³/mol. The van der Waals surface area contributed by atoms with Crippen molar-refractivity contribution in [2.45, 2.75) is 13.0 Å². The number of hydrogen-bond donors (Lipinski definition) is 3. The average molecular weight is 479 g/mol. The SMILES string of the molecule is C=CC(=O)Nc1cc(-c2cc(-c3cc4c(s3)C(=O)N[C@H](C)CN4)ccn2)ccc1OCCOC. The standard InChI is InChI=1S/C25H26N4O4S/c1-4-23(30)29-19-11-16(5-6-21(19)33-10-9-32-3)18-12-17(7-8-26-18)22-13-20-24(34-22)25(31)28-15(2)14-27-20/h4-8,11-13,15,27H,1,9-10,14H2,2-3H3,(H,28,31)(H,29,30)/t15-/m1/s1. The molecule has 9 heteroatoms. The fourth-order valence-corrected chi connectivity index (χ4v) is 4.54. The quantitative estimate of drug-likeness (QED) is 0.332. The highest BCUT2D eigenvalue weighted by molar-refractivity contribution is 7.18. The Labute approximate surface area is 202 Å². The highest BCUT2D eigenvalue weighted by Gasteiger charge is 2.22. The van der Waals surface area contributed by atoms with Crippen molar-refractivity contribution in [1.82, 2.24) is 10.3 Å². The monoisotopic (exact) mass is 478 g/mol. The first-order valence-electron chi connectivity index (χ1n) is 10.8. The number of nitrogens with zero attached hydrogens (tertiary/aromatic N) is 1. The van der Waals surface area contributed by atoms with Gasteiger partial charge in [-0.15, -0.1) is 11.3 Å². The largest absolute Gasteiger partial charge is 0.489 e. The van der Waals surface area contributed by atoms with Gasteiger partial charge in [0.2, 0.25) is 5.91 Å². The van der Waals surface area contributed by atoms with Gasteiger partial charge in [-0.25, -0.2) is 0 Å². The lowest BCUT2D eigenvalue weighted by molar-refractivity contribution is -0.111. The molecule has 3 aromatic rings. The molecule has 3 N–H and O–H groups in total. The lowest BCUT2D eigenvalue weighted by Gasteiger charge is -2.13. The van der Waals surface area contributed by atoms with Gasteiger partial charge in [-0.05, 0) is 55.0 Å². The Hall–Kier alpha value is -3.69. The van der Waals surface area contributed by atoms with Crippen LogP contribution in [0.1, 0.15) is 16.6 Å². The maximum Gasteiger partial charge on any atom is 0.263 e. The second-order valence-corrected chi connectivity index (χ2v) is 8.84. The van der Waals surface area contributed by atoms with Gasteiger partial charge in [0.05, 0.1) is 23.7 Å². The first-order valence-corrected chi connectivity index (χ1v) is 11.6. The van der Waals surface area contributed by atoms with Gasteiger partial charge in [-0.3, -0.25) is 14.6 Å². The molecular formula is C25H26N4O4S. The zero-order valence-electron chi connectivity index (χ0n) is 19.0. The number of carbonyl (C=O) groups is 2. The van der Waals surface area contributed by atoms with Gasteiger partial charge in [-0.2, -0.15) is 0 Å². The molecule has 8 nitrogen and oxygen atoms in total. The molecule has 0 aliphatic carbocycles. The maximum atomic E-state index is 12.5. The van der Waals surface area contributed by atoms with Crippen LogP contribution in [0.4, 0.5) is 11.4 Å². The molecule has 1 atom stereocenters. The van der Waals surface area contributed by atoms with E-state index in [0.29, 0.717) is 36.1 Å². The number of ether oxygens (including phenoxy) is 2. The Kier molecular flexibility index (Phi) is 7.24. The minimum absolute atomic E-state index is 0.0651. The fraction of sp³-hybridized carbons (Fsp3) is 0.240. The number of thiophene rings is 1. The summed E-state index contributed by atoms with van der Waals surface area (Å²) in [6, 6.07) is 11.4. The number of benzene rings is 1. The van der Waals surface area contributed by atoms with E-state index in [1.54, 1.807) is 19.4 Å². The summed E-state index contributed by atoms with van der Waals surface area (Å²) in [6.07, 6.45) is 2.94. The van der Waals surface area contributed by atoms with Crippen LogP contribution in [0.3, 0.4) is 0 Å². The number of carbonyl (C=O) groups excluding carboxylic acids is 2. The van der Waals surface area contributed by atoms with Crippen LogP contribution in [0.2, 0.25) is 0 Å². The van der Waals surface area contributed by atoms with Crippen LogP contribution in [0, 0.1) is 0 Å². The summed E-state index contributed by atoms with van der Waals surface area (Å²) >= 11 is 1.44. The highest BCUT2D eigenvalue weighted by Crippen LogP contribution is 2.37. The molecule has 0 saturated heterocycles. The van der Waals surface area contributed by atoms with Gasteiger partial charge in [-0.1, -0.05) is 6.58 Å². The van der Waals surface area contributed by atoms with E-state index in [0.717, 1.165) is 27.4 Å². The topological polar surface area (TPSA) is 102 Å². The number of pyridine rings is 1. The Morgan fingerprint density at radius 1 is 1.26 bits per heavy atom. The molecule has 176 valence electrons. The van der Waals surface area contributed by atoms with E-state index in [-0.39, 0.29) is 17.9 Å². The lowest BCUT2D eigenvalue weighted by atomic mass is 10.1. The van der Waals surface area contributed by atoms with Crippen LogP contribution < -0.4 is 20.7 Å². The van der Waals surface area contributed by atoms with Crippen molar-refractivity contribution in [3.8, 4) is 27.4 Å². The zero-order valence-corrected chi connectivity index (χ0v) is 19.8. The van der Waals surface area contributed by atoms with Crippen LogP contribution >= 0.6 is 11.3 Å². The molecule has 34 heavy (non-hydrogen) atoms. The first kappa shape index (κ1) is 23.5. The molecule has 0 radical (unpaired) electrons.